The largest absolute Gasteiger partial charge is 0.461 e. The van der Waals surface area contributed by atoms with Gasteiger partial charge in [-0.15, -0.1) is 0 Å². The van der Waals surface area contributed by atoms with Crippen LogP contribution in [-0.2, 0) is 38.3 Å². The van der Waals surface area contributed by atoms with Crippen LogP contribution in [0.3, 0.4) is 0 Å². The Kier molecular flexibility index (Phi) is 11.9. The highest BCUT2D eigenvalue weighted by molar-refractivity contribution is 5.91. The molecule has 0 saturated carbocycles. The predicted molar refractivity (Wildman–Crippen MR) is 183 cm³/mol. The minimum absolute atomic E-state index is 0.188. The maximum Gasteiger partial charge on any atom is 0.334 e. The first-order chi connectivity index (χ1) is 21.8. The number of ether oxygens (including phenoxy) is 2. The molecule has 1 fully saturated rings. The minimum atomic E-state index is -1.26. The molecule has 1 aromatic heterocycles. The number of furan rings is 1. The van der Waals surface area contributed by atoms with E-state index in [1.807, 2.05) is 32.1 Å². The summed E-state index contributed by atoms with van der Waals surface area (Å²) in [6.45, 7) is 14.2. The van der Waals surface area contributed by atoms with Crippen LogP contribution in [-0.4, -0.2) is 35.9 Å². The van der Waals surface area contributed by atoms with Gasteiger partial charge in [-0.05, 0) is 99.5 Å². The van der Waals surface area contributed by atoms with Gasteiger partial charge in [0.25, 0.3) is 0 Å². The zero-order valence-corrected chi connectivity index (χ0v) is 29.0. The van der Waals surface area contributed by atoms with Gasteiger partial charge in [-0.1, -0.05) is 76.6 Å². The average Bonchev–Trinajstić information content (AvgIpc) is 3.56. The van der Waals surface area contributed by atoms with Gasteiger partial charge >= 0.3 is 11.9 Å². The fraction of sp³-hybridized carbons (Fsp3) is 0.550. The second-order valence-electron chi connectivity index (χ2n) is 14.7. The van der Waals surface area contributed by atoms with Crippen LogP contribution < -0.4 is 0 Å². The molecule has 0 unspecified atom stereocenters. The molecule has 3 aromatic rings. The van der Waals surface area contributed by atoms with Crippen LogP contribution in [0.1, 0.15) is 96.1 Å². The molecule has 2 aromatic carbocycles. The normalized spacial score (nSPS) is 19.0. The quantitative estimate of drug-likeness (QED) is 0.126. The van der Waals surface area contributed by atoms with Gasteiger partial charge in [-0.25, -0.2) is 4.79 Å². The van der Waals surface area contributed by atoms with Crippen LogP contribution in [0.4, 0.5) is 0 Å². The molecule has 2 heterocycles. The van der Waals surface area contributed by atoms with Crippen LogP contribution in [0.15, 0.2) is 64.6 Å². The van der Waals surface area contributed by atoms with Gasteiger partial charge in [0.1, 0.15) is 18.0 Å². The van der Waals surface area contributed by atoms with Crippen molar-refractivity contribution in [3.8, 4) is 0 Å². The number of benzene rings is 2. The molecule has 0 radical (unpaired) electrons. The molecule has 0 bridgehead atoms. The van der Waals surface area contributed by atoms with E-state index in [-0.39, 0.29) is 13.0 Å². The van der Waals surface area contributed by atoms with E-state index >= 15 is 0 Å². The summed E-state index contributed by atoms with van der Waals surface area (Å²) in [7, 11) is 0. The van der Waals surface area contributed by atoms with Crippen molar-refractivity contribution in [3.63, 3.8) is 0 Å². The SMILES string of the molecule is CC[C@@](C)(Cc1cc2cc(CCc3ccc(C)cc3)ccc2o1)C(=O)OC[C@]1(CO)C/C(=C\CC(CC(C)C)CC(C)C)C(=O)O1. The molecular formula is C40H54O6. The number of hydrogen-bond acceptors (Lipinski definition) is 6. The number of carbonyl (C=O) groups excluding carboxylic acids is 2. The van der Waals surface area contributed by atoms with E-state index in [9.17, 15) is 14.7 Å². The second-order valence-corrected chi connectivity index (χ2v) is 14.7. The fourth-order valence-electron chi connectivity index (χ4n) is 6.55. The Bertz CT molecular complexity index is 1490. The van der Waals surface area contributed by atoms with E-state index in [4.69, 9.17) is 13.9 Å². The number of aliphatic hydroxyl groups excluding tert-OH is 1. The van der Waals surface area contributed by atoms with Gasteiger partial charge in [0.2, 0.25) is 0 Å². The summed E-state index contributed by atoms with van der Waals surface area (Å²) in [5, 5.41) is 11.3. The molecule has 0 spiro atoms. The van der Waals surface area contributed by atoms with Gasteiger partial charge in [0, 0.05) is 23.8 Å². The van der Waals surface area contributed by atoms with Crippen LogP contribution in [0.5, 0.6) is 0 Å². The number of hydrogen-bond donors (Lipinski definition) is 1. The molecule has 4 rings (SSSR count). The zero-order chi connectivity index (χ0) is 33.5. The fourth-order valence-corrected chi connectivity index (χ4v) is 6.55. The Morgan fingerprint density at radius 3 is 2.30 bits per heavy atom. The first-order valence-electron chi connectivity index (χ1n) is 17.1. The smallest absolute Gasteiger partial charge is 0.334 e. The molecule has 6 nitrogen and oxygen atoms in total. The molecule has 1 aliphatic heterocycles. The van der Waals surface area contributed by atoms with Gasteiger partial charge in [0.15, 0.2) is 5.60 Å². The monoisotopic (exact) mass is 630 g/mol. The maximum atomic E-state index is 13.5. The number of cyclic esters (lactones) is 1. The second kappa shape index (κ2) is 15.5. The summed E-state index contributed by atoms with van der Waals surface area (Å²) in [5.41, 5.74) is 3.06. The van der Waals surface area contributed by atoms with E-state index in [0.29, 0.717) is 36.2 Å². The number of fused-ring (bicyclic) bond motifs is 1. The molecule has 0 aliphatic carbocycles. The molecule has 250 valence electrons. The van der Waals surface area contributed by atoms with Crippen LogP contribution in [0.25, 0.3) is 11.0 Å². The molecule has 0 amide bonds. The Labute approximate surface area is 275 Å². The Morgan fingerprint density at radius 2 is 1.67 bits per heavy atom. The van der Waals surface area contributed by atoms with Crippen LogP contribution in [0.2, 0.25) is 0 Å². The highest BCUT2D eigenvalue weighted by Crippen LogP contribution is 2.36. The molecule has 46 heavy (non-hydrogen) atoms. The van der Waals surface area contributed by atoms with Gasteiger partial charge in [-0.3, -0.25) is 4.79 Å². The number of allylic oxidation sites excluding steroid dienone is 1. The van der Waals surface area contributed by atoms with Crippen molar-refractivity contribution in [2.45, 2.75) is 105 Å². The van der Waals surface area contributed by atoms with Crippen molar-refractivity contribution >= 4 is 22.9 Å². The standard InChI is InChI=1S/C40H54O6/c1-8-39(7,24-35-22-34-21-31(16-18-36(34)45-35)14-13-30-11-9-29(6)10-12-30)38(43)44-26-40(25-41)23-33(37(42)46-40)17-15-32(19-27(2)3)20-28(4)5/h9-12,16-18,21-22,27-28,32,41H,8,13-15,19-20,23-26H2,1-7H3/b33-17+/t39-,40+/m0/s1. The summed E-state index contributed by atoms with van der Waals surface area (Å²) in [4.78, 5) is 26.3. The zero-order valence-electron chi connectivity index (χ0n) is 29.0. The lowest BCUT2D eigenvalue weighted by molar-refractivity contribution is -0.172. The minimum Gasteiger partial charge on any atom is -0.461 e. The lowest BCUT2D eigenvalue weighted by Gasteiger charge is -2.29. The lowest BCUT2D eigenvalue weighted by Crippen LogP contribution is -2.42. The Hall–Kier alpha value is -3.38. The van der Waals surface area contributed by atoms with Crippen LogP contribution in [0, 0.1) is 30.1 Å². The van der Waals surface area contributed by atoms with Gasteiger partial charge in [0.05, 0.1) is 12.0 Å². The number of rotatable bonds is 16. The molecule has 6 heteroatoms. The van der Waals surface area contributed by atoms with Crippen molar-refractivity contribution in [2.24, 2.45) is 23.2 Å². The number of aryl methyl sites for hydroxylation is 3. The maximum absolute atomic E-state index is 13.5. The molecule has 2 atom stereocenters. The predicted octanol–water partition coefficient (Wildman–Crippen LogP) is 8.73. The van der Waals surface area contributed by atoms with Gasteiger partial charge < -0.3 is 19.0 Å². The first kappa shape index (κ1) is 35.5. The van der Waals surface area contributed by atoms with E-state index in [2.05, 4.69) is 71.0 Å². The highest BCUT2D eigenvalue weighted by Gasteiger charge is 2.46. The Balaban J connectivity index is 1.37. The number of carbonyl (C=O) groups is 2. The summed E-state index contributed by atoms with van der Waals surface area (Å²) < 4.78 is 17.6. The number of esters is 2. The summed E-state index contributed by atoms with van der Waals surface area (Å²) in [5.74, 6) is 1.52. The van der Waals surface area contributed by atoms with E-state index in [0.717, 1.165) is 48.8 Å². The van der Waals surface area contributed by atoms with Crippen molar-refractivity contribution < 1.29 is 28.6 Å². The third-order valence-electron chi connectivity index (χ3n) is 9.44. The Morgan fingerprint density at radius 1 is 1.02 bits per heavy atom. The van der Waals surface area contributed by atoms with Crippen molar-refractivity contribution in [2.75, 3.05) is 13.2 Å². The number of aliphatic hydroxyl groups is 1. The lowest BCUT2D eigenvalue weighted by atomic mass is 9.83. The van der Waals surface area contributed by atoms with E-state index in [1.54, 1.807) is 0 Å². The summed E-state index contributed by atoms with van der Waals surface area (Å²) >= 11 is 0. The molecule has 1 aliphatic rings. The third-order valence-corrected chi connectivity index (χ3v) is 9.44. The first-order valence-corrected chi connectivity index (χ1v) is 17.1. The van der Waals surface area contributed by atoms with Crippen LogP contribution >= 0.6 is 0 Å². The van der Waals surface area contributed by atoms with E-state index in [1.165, 1.54) is 16.7 Å². The van der Waals surface area contributed by atoms with Crippen molar-refractivity contribution in [1.29, 1.82) is 0 Å². The van der Waals surface area contributed by atoms with E-state index < -0.39 is 29.6 Å². The molecular weight excluding hydrogens is 576 g/mol. The highest BCUT2D eigenvalue weighted by atomic mass is 16.6. The summed E-state index contributed by atoms with van der Waals surface area (Å²) in [6, 6.07) is 16.9. The molecule has 1 N–H and O–H groups in total. The van der Waals surface area contributed by atoms with Crippen molar-refractivity contribution in [3.05, 3.63) is 82.6 Å². The average molecular weight is 631 g/mol. The summed E-state index contributed by atoms with van der Waals surface area (Å²) in [6.07, 6.45) is 7.99. The van der Waals surface area contributed by atoms with Gasteiger partial charge in [-0.2, -0.15) is 0 Å². The topological polar surface area (TPSA) is 86.0 Å². The third kappa shape index (κ3) is 9.34. The van der Waals surface area contributed by atoms with Crippen molar-refractivity contribution in [1.82, 2.24) is 0 Å². The molecule has 1 saturated heterocycles.